The van der Waals surface area contributed by atoms with E-state index in [1.54, 1.807) is 0 Å². The zero-order valence-corrected chi connectivity index (χ0v) is 12.9. The molecule has 18 heavy (non-hydrogen) atoms. The van der Waals surface area contributed by atoms with Gasteiger partial charge >= 0.3 is 0 Å². The third-order valence-corrected chi connectivity index (χ3v) is 6.55. The van der Waals surface area contributed by atoms with Crippen LogP contribution in [0.1, 0.15) is 49.8 Å². The summed E-state index contributed by atoms with van der Waals surface area (Å²) in [7, 11) is 0. The molecule has 3 atom stereocenters. The van der Waals surface area contributed by atoms with E-state index in [0.717, 1.165) is 12.5 Å². The maximum absolute atomic E-state index is 3.88. The summed E-state index contributed by atoms with van der Waals surface area (Å²) in [6.45, 7) is 10.7. The van der Waals surface area contributed by atoms with E-state index in [9.17, 15) is 0 Å². The van der Waals surface area contributed by atoms with Crippen LogP contribution in [0.2, 0.25) is 0 Å². The van der Waals surface area contributed by atoms with Crippen LogP contribution >= 0.6 is 11.3 Å². The Labute approximate surface area is 115 Å². The summed E-state index contributed by atoms with van der Waals surface area (Å²) < 4.78 is 0. The van der Waals surface area contributed by atoms with Gasteiger partial charge in [0.2, 0.25) is 0 Å². The number of fused-ring (bicyclic) bond motifs is 2. The van der Waals surface area contributed by atoms with Crippen molar-refractivity contribution in [2.75, 3.05) is 0 Å². The normalized spacial score (nSPS) is 37.3. The second-order valence-electron chi connectivity index (χ2n) is 7.24. The van der Waals surface area contributed by atoms with Crippen LogP contribution in [0.5, 0.6) is 0 Å². The lowest BCUT2D eigenvalue weighted by atomic mass is 9.68. The Bertz CT molecular complexity index is 443. The molecule has 0 radical (unpaired) electrons. The van der Waals surface area contributed by atoms with Crippen LogP contribution in [-0.4, -0.2) is 6.04 Å². The second kappa shape index (κ2) is 4.08. The third-order valence-electron chi connectivity index (χ3n) is 5.55. The Balaban J connectivity index is 1.72. The van der Waals surface area contributed by atoms with E-state index in [0.29, 0.717) is 16.9 Å². The van der Waals surface area contributed by atoms with E-state index in [-0.39, 0.29) is 0 Å². The molecule has 1 aromatic rings. The van der Waals surface area contributed by atoms with Gasteiger partial charge in [-0.1, -0.05) is 20.8 Å². The highest BCUT2D eigenvalue weighted by molar-refractivity contribution is 7.11. The van der Waals surface area contributed by atoms with Crippen molar-refractivity contribution in [3.05, 3.63) is 21.9 Å². The summed E-state index contributed by atoms with van der Waals surface area (Å²) in [6.07, 6.45) is 4.29. The summed E-state index contributed by atoms with van der Waals surface area (Å²) in [5, 5.41) is 3.88. The van der Waals surface area contributed by atoms with Crippen molar-refractivity contribution in [3.8, 4) is 0 Å². The van der Waals surface area contributed by atoms with Crippen LogP contribution in [0.4, 0.5) is 0 Å². The SMILES string of the molecule is Cc1ccc(CNC2C3(C)CCC(C3)C2(C)C)s1. The van der Waals surface area contributed by atoms with Crippen molar-refractivity contribution in [2.24, 2.45) is 16.7 Å². The van der Waals surface area contributed by atoms with E-state index in [2.05, 4.69) is 45.1 Å². The van der Waals surface area contributed by atoms with E-state index in [4.69, 9.17) is 0 Å². The van der Waals surface area contributed by atoms with Crippen molar-refractivity contribution in [2.45, 2.75) is 59.5 Å². The topological polar surface area (TPSA) is 12.0 Å². The molecule has 2 saturated carbocycles. The van der Waals surface area contributed by atoms with Crippen LogP contribution in [0.3, 0.4) is 0 Å². The van der Waals surface area contributed by atoms with Gasteiger partial charge in [0, 0.05) is 22.3 Å². The van der Waals surface area contributed by atoms with Crippen molar-refractivity contribution in [3.63, 3.8) is 0 Å². The van der Waals surface area contributed by atoms with Gasteiger partial charge in [0.1, 0.15) is 0 Å². The molecule has 0 aliphatic heterocycles. The first kappa shape index (κ1) is 12.7. The summed E-state index contributed by atoms with van der Waals surface area (Å²) >= 11 is 1.93. The van der Waals surface area contributed by atoms with E-state index >= 15 is 0 Å². The zero-order valence-electron chi connectivity index (χ0n) is 12.0. The highest BCUT2D eigenvalue weighted by Gasteiger charge is 2.58. The fraction of sp³-hybridized carbons (Fsp3) is 0.750. The quantitative estimate of drug-likeness (QED) is 0.854. The lowest BCUT2D eigenvalue weighted by Crippen LogP contribution is -2.49. The van der Waals surface area contributed by atoms with E-state index < -0.39 is 0 Å². The Hall–Kier alpha value is -0.340. The van der Waals surface area contributed by atoms with Crippen molar-refractivity contribution < 1.29 is 0 Å². The molecule has 1 aromatic heterocycles. The molecule has 1 heterocycles. The fourth-order valence-corrected chi connectivity index (χ4v) is 5.44. The highest BCUT2D eigenvalue weighted by atomic mass is 32.1. The Morgan fingerprint density at radius 1 is 1.33 bits per heavy atom. The van der Waals surface area contributed by atoms with Crippen LogP contribution < -0.4 is 5.32 Å². The van der Waals surface area contributed by atoms with Crippen LogP contribution in [0.15, 0.2) is 12.1 Å². The molecule has 0 saturated heterocycles. The first-order valence-corrected chi connectivity index (χ1v) is 8.02. The summed E-state index contributed by atoms with van der Waals surface area (Å²) in [4.78, 5) is 2.90. The minimum atomic E-state index is 0.472. The average Bonchev–Trinajstić information content (AvgIpc) is 2.89. The van der Waals surface area contributed by atoms with Gasteiger partial charge in [-0.3, -0.25) is 0 Å². The van der Waals surface area contributed by atoms with Gasteiger partial charge in [-0.2, -0.15) is 0 Å². The van der Waals surface area contributed by atoms with Gasteiger partial charge in [0.15, 0.2) is 0 Å². The molecule has 2 aliphatic carbocycles. The summed E-state index contributed by atoms with van der Waals surface area (Å²) in [5.41, 5.74) is 1.01. The molecule has 2 bridgehead atoms. The number of rotatable bonds is 3. The van der Waals surface area contributed by atoms with E-state index in [1.807, 2.05) is 11.3 Å². The zero-order chi connectivity index (χ0) is 13.0. The Morgan fingerprint density at radius 2 is 2.11 bits per heavy atom. The first-order valence-electron chi connectivity index (χ1n) is 7.20. The molecule has 0 aromatic carbocycles. The number of thiophene rings is 1. The van der Waals surface area contributed by atoms with Gasteiger partial charge < -0.3 is 5.32 Å². The molecule has 1 N–H and O–H groups in total. The molecule has 3 rings (SSSR count). The molecule has 2 heteroatoms. The van der Waals surface area contributed by atoms with Crippen LogP contribution in [0.25, 0.3) is 0 Å². The fourth-order valence-electron chi connectivity index (χ4n) is 4.59. The largest absolute Gasteiger partial charge is 0.308 e. The molecule has 2 aliphatic rings. The Kier molecular flexibility index (Phi) is 2.87. The minimum absolute atomic E-state index is 0.472. The predicted molar refractivity (Wildman–Crippen MR) is 78.9 cm³/mol. The maximum Gasteiger partial charge on any atom is 0.0302 e. The molecular formula is C16H25NS. The predicted octanol–water partition coefficient (Wildman–Crippen LogP) is 4.36. The molecule has 0 amide bonds. The molecular weight excluding hydrogens is 238 g/mol. The molecule has 0 spiro atoms. The van der Waals surface area contributed by atoms with Gasteiger partial charge in [-0.05, 0) is 55.1 Å². The first-order chi connectivity index (χ1) is 8.42. The van der Waals surface area contributed by atoms with Gasteiger partial charge in [-0.15, -0.1) is 11.3 Å². The average molecular weight is 263 g/mol. The lowest BCUT2D eigenvalue weighted by molar-refractivity contribution is 0.108. The molecule has 1 nitrogen and oxygen atoms in total. The Morgan fingerprint density at radius 3 is 2.67 bits per heavy atom. The standard InChI is InChI=1S/C16H25NS/c1-11-5-6-13(18-11)10-17-14-15(2,3)12-7-8-16(14,4)9-12/h5-6,12,14,17H,7-10H2,1-4H3. The molecule has 100 valence electrons. The monoisotopic (exact) mass is 263 g/mol. The third kappa shape index (κ3) is 1.85. The summed E-state index contributed by atoms with van der Waals surface area (Å²) in [5.74, 6) is 0.935. The smallest absolute Gasteiger partial charge is 0.0302 e. The minimum Gasteiger partial charge on any atom is -0.308 e. The van der Waals surface area contributed by atoms with Gasteiger partial charge in [-0.25, -0.2) is 0 Å². The molecule has 3 unspecified atom stereocenters. The number of hydrogen-bond donors (Lipinski definition) is 1. The maximum atomic E-state index is 3.88. The highest BCUT2D eigenvalue weighted by Crippen LogP contribution is 2.62. The van der Waals surface area contributed by atoms with Crippen LogP contribution in [-0.2, 0) is 6.54 Å². The number of nitrogens with one attached hydrogen (secondary N) is 1. The van der Waals surface area contributed by atoms with Crippen molar-refractivity contribution >= 4 is 11.3 Å². The number of hydrogen-bond acceptors (Lipinski definition) is 2. The van der Waals surface area contributed by atoms with E-state index in [1.165, 1.54) is 29.0 Å². The number of aryl methyl sites for hydroxylation is 1. The van der Waals surface area contributed by atoms with Crippen molar-refractivity contribution in [1.82, 2.24) is 5.32 Å². The summed E-state index contributed by atoms with van der Waals surface area (Å²) in [6, 6.07) is 5.19. The lowest BCUT2D eigenvalue weighted by Gasteiger charge is -2.43. The van der Waals surface area contributed by atoms with Crippen molar-refractivity contribution in [1.29, 1.82) is 0 Å². The second-order valence-corrected chi connectivity index (χ2v) is 8.61. The van der Waals surface area contributed by atoms with Gasteiger partial charge in [0.05, 0.1) is 0 Å². The van der Waals surface area contributed by atoms with Crippen LogP contribution in [0, 0.1) is 23.7 Å². The van der Waals surface area contributed by atoms with Gasteiger partial charge in [0.25, 0.3) is 0 Å². The molecule has 2 fully saturated rings.